The van der Waals surface area contributed by atoms with Crippen molar-refractivity contribution < 1.29 is 9.59 Å². The van der Waals surface area contributed by atoms with Gasteiger partial charge in [0.25, 0.3) is 0 Å². The van der Waals surface area contributed by atoms with Crippen LogP contribution in [-0.2, 0) is 9.59 Å². The van der Waals surface area contributed by atoms with Gasteiger partial charge in [-0.05, 0) is 12.8 Å². The zero-order chi connectivity index (χ0) is 13.1. The summed E-state index contributed by atoms with van der Waals surface area (Å²) < 4.78 is 0. The number of likely N-dealkylation sites (tertiary alicyclic amines) is 1. The predicted molar refractivity (Wildman–Crippen MR) is 76.3 cm³/mol. The van der Waals surface area contributed by atoms with E-state index in [-0.39, 0.29) is 36.2 Å². The molecule has 0 saturated carbocycles. The van der Waals surface area contributed by atoms with Crippen LogP contribution in [0.15, 0.2) is 0 Å². The zero-order valence-electron chi connectivity index (χ0n) is 11.7. The maximum absolute atomic E-state index is 12.4. The fourth-order valence-corrected chi connectivity index (χ4v) is 2.71. The Morgan fingerprint density at radius 3 is 2.37 bits per heavy atom. The quantitative estimate of drug-likeness (QED) is 0.805. The maximum atomic E-state index is 12.4. The molecule has 5 nitrogen and oxygen atoms in total. The summed E-state index contributed by atoms with van der Waals surface area (Å²) in [7, 11) is 0. The minimum Gasteiger partial charge on any atom is -0.338 e. The Bertz CT molecular complexity index is 330. The van der Waals surface area contributed by atoms with Gasteiger partial charge in [-0.25, -0.2) is 0 Å². The molecule has 2 aliphatic rings. The lowest BCUT2D eigenvalue weighted by Gasteiger charge is -2.33. The van der Waals surface area contributed by atoms with Crippen molar-refractivity contribution in [1.82, 2.24) is 15.1 Å². The minimum absolute atomic E-state index is 0. The van der Waals surface area contributed by atoms with Crippen molar-refractivity contribution in [1.29, 1.82) is 0 Å². The molecule has 19 heavy (non-hydrogen) atoms. The molecule has 2 rings (SSSR count). The van der Waals surface area contributed by atoms with Gasteiger partial charge in [-0.15, -0.1) is 12.4 Å². The Labute approximate surface area is 121 Å². The number of nitrogens with zero attached hydrogens (tertiary/aromatic N) is 2. The summed E-state index contributed by atoms with van der Waals surface area (Å²) in [5.74, 6) is 0.227. The molecular formula is C13H24ClN3O2. The number of carbonyl (C=O) groups is 2. The van der Waals surface area contributed by atoms with Crippen LogP contribution < -0.4 is 5.32 Å². The highest BCUT2D eigenvalue weighted by Crippen LogP contribution is 2.21. The molecule has 0 spiro atoms. The minimum atomic E-state index is -0.210. The van der Waals surface area contributed by atoms with Crippen LogP contribution in [0.2, 0.25) is 0 Å². The Balaban J connectivity index is 0.00000180. The monoisotopic (exact) mass is 289 g/mol. The average molecular weight is 290 g/mol. The number of halogens is 1. The molecule has 2 aliphatic heterocycles. The highest BCUT2D eigenvalue weighted by atomic mass is 35.5. The molecule has 110 valence electrons. The molecule has 1 N–H and O–H groups in total. The van der Waals surface area contributed by atoms with Crippen LogP contribution in [0, 0.1) is 5.92 Å². The lowest BCUT2D eigenvalue weighted by molar-refractivity contribution is -0.145. The number of rotatable bonds is 2. The van der Waals surface area contributed by atoms with Crippen LogP contribution in [0.3, 0.4) is 0 Å². The van der Waals surface area contributed by atoms with Gasteiger partial charge < -0.3 is 15.1 Å². The second-order valence-electron chi connectivity index (χ2n) is 5.42. The molecule has 0 aliphatic carbocycles. The van der Waals surface area contributed by atoms with Gasteiger partial charge in [0.05, 0.1) is 0 Å². The molecular weight excluding hydrogens is 266 g/mol. The Morgan fingerprint density at radius 2 is 1.79 bits per heavy atom. The van der Waals surface area contributed by atoms with Crippen LogP contribution in [0.25, 0.3) is 0 Å². The molecule has 0 aromatic carbocycles. The standard InChI is InChI=1S/C13H23N3O2.ClH/c1-10(2)12(17)16-7-3-4-11(16)13(18)15-8-5-14-6-9-15;/h10-11,14H,3-9H2,1-2H3;1H. The third kappa shape index (κ3) is 3.60. The summed E-state index contributed by atoms with van der Waals surface area (Å²) in [6, 6.07) is -0.210. The number of piperazine rings is 1. The van der Waals surface area contributed by atoms with Crippen LogP contribution in [-0.4, -0.2) is 60.4 Å². The van der Waals surface area contributed by atoms with E-state index in [9.17, 15) is 9.59 Å². The van der Waals surface area contributed by atoms with Crippen LogP contribution in [0.1, 0.15) is 26.7 Å². The van der Waals surface area contributed by atoms with Crippen molar-refractivity contribution in [3.8, 4) is 0 Å². The first-order valence-electron chi connectivity index (χ1n) is 6.91. The van der Waals surface area contributed by atoms with Crippen molar-refractivity contribution in [2.75, 3.05) is 32.7 Å². The van der Waals surface area contributed by atoms with Crippen molar-refractivity contribution in [2.45, 2.75) is 32.7 Å². The first kappa shape index (κ1) is 16.2. The molecule has 0 bridgehead atoms. The molecule has 6 heteroatoms. The van der Waals surface area contributed by atoms with Crippen molar-refractivity contribution in [2.24, 2.45) is 5.92 Å². The lowest BCUT2D eigenvalue weighted by atomic mass is 10.1. The molecule has 2 heterocycles. The average Bonchev–Trinajstić information content (AvgIpc) is 2.87. The maximum Gasteiger partial charge on any atom is 0.245 e. The number of hydrogen-bond donors (Lipinski definition) is 1. The first-order chi connectivity index (χ1) is 8.61. The number of hydrogen-bond acceptors (Lipinski definition) is 3. The van der Waals surface area contributed by atoms with E-state index in [1.54, 1.807) is 4.90 Å². The molecule has 1 unspecified atom stereocenters. The van der Waals surface area contributed by atoms with Gasteiger partial charge in [-0.2, -0.15) is 0 Å². The fraction of sp³-hybridized carbons (Fsp3) is 0.846. The van der Waals surface area contributed by atoms with Gasteiger partial charge in [0.2, 0.25) is 11.8 Å². The molecule has 2 fully saturated rings. The van der Waals surface area contributed by atoms with E-state index < -0.39 is 0 Å². The first-order valence-corrected chi connectivity index (χ1v) is 6.91. The summed E-state index contributed by atoms with van der Waals surface area (Å²) in [6.07, 6.45) is 1.77. The zero-order valence-corrected chi connectivity index (χ0v) is 12.5. The third-order valence-electron chi connectivity index (χ3n) is 3.74. The largest absolute Gasteiger partial charge is 0.338 e. The number of carbonyl (C=O) groups excluding carboxylic acids is 2. The molecule has 0 aromatic heterocycles. The normalized spacial score (nSPS) is 23.4. The lowest BCUT2D eigenvalue weighted by Crippen LogP contribution is -2.53. The van der Waals surface area contributed by atoms with E-state index >= 15 is 0 Å². The second kappa shape index (κ2) is 7.10. The van der Waals surface area contributed by atoms with Crippen molar-refractivity contribution in [3.05, 3.63) is 0 Å². The SMILES string of the molecule is CC(C)C(=O)N1CCCC1C(=O)N1CCNCC1.Cl. The van der Waals surface area contributed by atoms with Gasteiger partial charge >= 0.3 is 0 Å². The Hall–Kier alpha value is -0.810. The van der Waals surface area contributed by atoms with E-state index in [1.807, 2.05) is 18.7 Å². The fourth-order valence-electron chi connectivity index (χ4n) is 2.71. The molecule has 0 radical (unpaired) electrons. The summed E-state index contributed by atoms with van der Waals surface area (Å²) in [5.41, 5.74) is 0. The Kier molecular flexibility index (Phi) is 6.07. The van der Waals surface area contributed by atoms with Gasteiger partial charge in [0.15, 0.2) is 0 Å². The molecule has 2 amide bonds. The van der Waals surface area contributed by atoms with Crippen molar-refractivity contribution >= 4 is 24.2 Å². The van der Waals surface area contributed by atoms with E-state index in [1.165, 1.54) is 0 Å². The third-order valence-corrected chi connectivity index (χ3v) is 3.74. The Morgan fingerprint density at radius 1 is 1.16 bits per heavy atom. The molecule has 1 atom stereocenters. The van der Waals surface area contributed by atoms with Crippen LogP contribution in [0.4, 0.5) is 0 Å². The van der Waals surface area contributed by atoms with E-state index in [0.717, 1.165) is 45.6 Å². The number of nitrogens with one attached hydrogen (secondary N) is 1. The highest BCUT2D eigenvalue weighted by molar-refractivity contribution is 5.89. The summed E-state index contributed by atoms with van der Waals surface area (Å²) in [6.45, 7) is 7.77. The predicted octanol–water partition coefficient (Wildman–Crippen LogP) is 0.487. The van der Waals surface area contributed by atoms with Gasteiger partial charge in [0.1, 0.15) is 6.04 Å². The number of amides is 2. The van der Waals surface area contributed by atoms with Gasteiger partial charge in [-0.3, -0.25) is 9.59 Å². The van der Waals surface area contributed by atoms with E-state index in [4.69, 9.17) is 0 Å². The van der Waals surface area contributed by atoms with Gasteiger partial charge in [-0.1, -0.05) is 13.8 Å². The summed E-state index contributed by atoms with van der Waals surface area (Å²) in [5, 5.41) is 3.24. The molecule has 2 saturated heterocycles. The second-order valence-corrected chi connectivity index (χ2v) is 5.42. The van der Waals surface area contributed by atoms with E-state index in [2.05, 4.69) is 5.32 Å². The smallest absolute Gasteiger partial charge is 0.245 e. The summed E-state index contributed by atoms with van der Waals surface area (Å²) >= 11 is 0. The summed E-state index contributed by atoms with van der Waals surface area (Å²) in [4.78, 5) is 28.2. The molecule has 0 aromatic rings. The van der Waals surface area contributed by atoms with Gasteiger partial charge in [0, 0.05) is 38.6 Å². The van der Waals surface area contributed by atoms with Crippen LogP contribution >= 0.6 is 12.4 Å². The topological polar surface area (TPSA) is 52.7 Å². The van der Waals surface area contributed by atoms with E-state index in [0.29, 0.717) is 0 Å². The van der Waals surface area contributed by atoms with Crippen molar-refractivity contribution in [3.63, 3.8) is 0 Å². The highest BCUT2D eigenvalue weighted by Gasteiger charge is 2.37. The van der Waals surface area contributed by atoms with Crippen LogP contribution in [0.5, 0.6) is 0 Å².